The molecule has 0 bridgehead atoms. The maximum atomic E-state index is 10.9. The summed E-state index contributed by atoms with van der Waals surface area (Å²) in [5, 5.41) is -0.445. The maximum absolute atomic E-state index is 10.9. The molecule has 10 heavy (non-hydrogen) atoms. The van der Waals surface area contributed by atoms with Gasteiger partial charge in [0.05, 0.1) is 11.9 Å². The van der Waals surface area contributed by atoms with E-state index in [9.17, 15) is 8.42 Å². The Labute approximate surface area is 61.6 Å². The van der Waals surface area contributed by atoms with Gasteiger partial charge in [-0.1, -0.05) is 4.89 Å². The van der Waals surface area contributed by atoms with Crippen molar-refractivity contribution in [3.8, 4) is 0 Å². The van der Waals surface area contributed by atoms with Crippen molar-refractivity contribution in [2.75, 3.05) is 6.61 Å². The van der Waals surface area contributed by atoms with E-state index in [1.54, 1.807) is 20.8 Å². The van der Waals surface area contributed by atoms with Crippen LogP contribution in [0.5, 0.6) is 0 Å². The maximum Gasteiger partial charge on any atom is 0.235 e. The van der Waals surface area contributed by atoms with Crippen LogP contribution in [-0.2, 0) is 14.9 Å². The van der Waals surface area contributed by atoms with Gasteiger partial charge in [-0.2, -0.15) is 0 Å². The fraction of sp³-hybridized carbons (Fsp3) is 1.00. The summed E-state index contributed by atoms with van der Waals surface area (Å²) in [5.74, 6) is 0. The second-order valence-electron chi connectivity index (χ2n) is 2.11. The molecular weight excluding hydrogens is 154 g/mol. The molecular formula is C5H13NO3S. The summed E-state index contributed by atoms with van der Waals surface area (Å²) in [4.78, 5) is 6.50. The molecule has 0 saturated heterocycles. The summed E-state index contributed by atoms with van der Waals surface area (Å²) >= 11 is 0. The molecule has 0 aromatic rings. The van der Waals surface area contributed by atoms with Gasteiger partial charge >= 0.3 is 0 Å². The molecule has 0 unspecified atom stereocenters. The summed E-state index contributed by atoms with van der Waals surface area (Å²) in [7, 11) is -3.23. The molecule has 0 aliphatic carbocycles. The highest BCUT2D eigenvalue weighted by Crippen LogP contribution is 1.94. The van der Waals surface area contributed by atoms with Crippen molar-refractivity contribution in [1.29, 1.82) is 0 Å². The van der Waals surface area contributed by atoms with Gasteiger partial charge < -0.3 is 0 Å². The highest BCUT2D eigenvalue weighted by Gasteiger charge is 2.14. The monoisotopic (exact) mass is 167 g/mol. The van der Waals surface area contributed by atoms with Crippen molar-refractivity contribution < 1.29 is 13.3 Å². The third kappa shape index (κ3) is 3.14. The van der Waals surface area contributed by atoms with E-state index in [1.165, 1.54) is 0 Å². The molecule has 0 rings (SSSR count). The Morgan fingerprint density at radius 3 is 2.30 bits per heavy atom. The number of rotatable bonds is 4. The van der Waals surface area contributed by atoms with Gasteiger partial charge in [-0.15, -0.1) is 0 Å². The van der Waals surface area contributed by atoms with Gasteiger partial charge in [0.2, 0.25) is 10.0 Å². The smallest absolute Gasteiger partial charge is 0.235 e. The first-order chi connectivity index (χ1) is 4.50. The average molecular weight is 167 g/mol. The highest BCUT2D eigenvalue weighted by molar-refractivity contribution is 7.89. The number of nitrogens with one attached hydrogen (secondary N) is 1. The quantitative estimate of drug-likeness (QED) is 0.611. The second kappa shape index (κ2) is 3.90. The highest BCUT2D eigenvalue weighted by atomic mass is 32.2. The van der Waals surface area contributed by atoms with Crippen LogP contribution in [-0.4, -0.2) is 20.3 Å². The minimum atomic E-state index is -3.23. The Hall–Kier alpha value is -0.130. The predicted octanol–water partition coefficient (Wildman–Crippen LogP) is 0.266. The fourth-order valence-corrected chi connectivity index (χ4v) is 0.712. The standard InChI is InChI=1S/C5H13NO3S/c1-4-9-6-10(7,8)5(2)3/h5-6H,4H2,1-3H3. The molecule has 0 aliphatic heterocycles. The molecule has 62 valence electrons. The lowest BCUT2D eigenvalue weighted by atomic mass is 10.6. The Balaban J connectivity index is 3.90. The molecule has 0 heterocycles. The first-order valence-corrected chi connectivity index (χ1v) is 4.67. The van der Waals surface area contributed by atoms with Crippen LogP contribution >= 0.6 is 0 Å². The third-order valence-electron chi connectivity index (χ3n) is 0.940. The van der Waals surface area contributed by atoms with E-state index in [4.69, 9.17) is 0 Å². The number of sulfonamides is 1. The van der Waals surface area contributed by atoms with Gasteiger partial charge in [0.1, 0.15) is 0 Å². The number of hydrogen-bond acceptors (Lipinski definition) is 3. The topological polar surface area (TPSA) is 55.4 Å². The molecule has 0 aromatic carbocycles. The van der Waals surface area contributed by atoms with Crippen molar-refractivity contribution >= 4 is 10.0 Å². The van der Waals surface area contributed by atoms with Gasteiger partial charge in [0.25, 0.3) is 0 Å². The second-order valence-corrected chi connectivity index (χ2v) is 4.31. The van der Waals surface area contributed by atoms with E-state index in [2.05, 4.69) is 4.84 Å². The van der Waals surface area contributed by atoms with Gasteiger partial charge in [0.15, 0.2) is 0 Å². The normalized spacial score (nSPS) is 12.4. The van der Waals surface area contributed by atoms with Crippen LogP contribution in [0.2, 0.25) is 0 Å². The van der Waals surface area contributed by atoms with E-state index in [1.807, 2.05) is 4.89 Å². The van der Waals surface area contributed by atoms with Gasteiger partial charge in [0, 0.05) is 0 Å². The van der Waals surface area contributed by atoms with E-state index in [0.29, 0.717) is 6.61 Å². The zero-order chi connectivity index (χ0) is 8.20. The first kappa shape index (κ1) is 9.87. The van der Waals surface area contributed by atoms with Crippen molar-refractivity contribution in [2.45, 2.75) is 26.0 Å². The van der Waals surface area contributed by atoms with Crippen molar-refractivity contribution in [1.82, 2.24) is 4.89 Å². The van der Waals surface area contributed by atoms with Crippen LogP contribution in [0, 0.1) is 0 Å². The molecule has 0 aliphatic rings. The SMILES string of the molecule is CCONS(=O)(=O)C(C)C. The molecule has 0 saturated carbocycles. The predicted molar refractivity (Wildman–Crippen MR) is 38.8 cm³/mol. The summed E-state index contributed by atoms with van der Waals surface area (Å²) in [6.07, 6.45) is 0. The Morgan fingerprint density at radius 1 is 1.50 bits per heavy atom. The van der Waals surface area contributed by atoms with Crippen LogP contribution in [0.3, 0.4) is 0 Å². The summed E-state index contributed by atoms with van der Waals surface area (Å²) in [5.41, 5.74) is 0. The molecule has 0 atom stereocenters. The van der Waals surface area contributed by atoms with Gasteiger partial charge in [-0.05, 0) is 20.8 Å². The van der Waals surface area contributed by atoms with E-state index < -0.39 is 15.3 Å². The lowest BCUT2D eigenvalue weighted by Crippen LogP contribution is -2.30. The largest absolute Gasteiger partial charge is 0.287 e. The molecule has 4 nitrogen and oxygen atoms in total. The molecule has 0 amide bonds. The zero-order valence-electron chi connectivity index (χ0n) is 6.42. The lowest BCUT2D eigenvalue weighted by molar-refractivity contribution is 0.105. The lowest BCUT2D eigenvalue weighted by Gasteiger charge is -2.07. The van der Waals surface area contributed by atoms with E-state index >= 15 is 0 Å². The first-order valence-electron chi connectivity index (χ1n) is 3.13. The Bertz CT molecular complexity index is 173. The van der Waals surface area contributed by atoms with E-state index in [-0.39, 0.29) is 0 Å². The molecule has 0 radical (unpaired) electrons. The van der Waals surface area contributed by atoms with Crippen LogP contribution in [0.25, 0.3) is 0 Å². The van der Waals surface area contributed by atoms with Crippen LogP contribution < -0.4 is 4.89 Å². The summed E-state index contributed by atoms with van der Waals surface area (Å²) in [6.45, 7) is 5.22. The molecule has 0 spiro atoms. The number of hydrogen-bond donors (Lipinski definition) is 1. The van der Waals surface area contributed by atoms with Gasteiger partial charge in [-0.25, -0.2) is 8.42 Å². The molecule has 0 aromatic heterocycles. The van der Waals surface area contributed by atoms with Crippen LogP contribution in [0.4, 0.5) is 0 Å². The van der Waals surface area contributed by atoms with Crippen LogP contribution in [0.15, 0.2) is 0 Å². The van der Waals surface area contributed by atoms with Crippen molar-refractivity contribution in [3.05, 3.63) is 0 Å². The fourth-order valence-electron chi connectivity index (χ4n) is 0.237. The minimum absolute atomic E-state index is 0.339. The Kier molecular flexibility index (Phi) is 3.85. The summed E-state index contributed by atoms with van der Waals surface area (Å²) in [6, 6.07) is 0. The van der Waals surface area contributed by atoms with E-state index in [0.717, 1.165) is 0 Å². The van der Waals surface area contributed by atoms with Gasteiger partial charge in [-0.3, -0.25) is 4.84 Å². The minimum Gasteiger partial charge on any atom is -0.287 e. The molecule has 5 heteroatoms. The average Bonchev–Trinajstić information content (AvgIpc) is 1.84. The zero-order valence-corrected chi connectivity index (χ0v) is 7.23. The third-order valence-corrected chi connectivity index (χ3v) is 2.53. The molecule has 0 fully saturated rings. The Morgan fingerprint density at radius 2 is 2.00 bits per heavy atom. The van der Waals surface area contributed by atoms with Crippen molar-refractivity contribution in [2.24, 2.45) is 0 Å². The van der Waals surface area contributed by atoms with Crippen molar-refractivity contribution in [3.63, 3.8) is 0 Å². The van der Waals surface area contributed by atoms with Crippen LogP contribution in [0.1, 0.15) is 20.8 Å². The summed E-state index contributed by atoms with van der Waals surface area (Å²) < 4.78 is 21.7. The molecule has 1 N–H and O–H groups in total.